The number of benzene rings is 6. The second-order valence-electron chi connectivity index (χ2n) is 23.0. The van der Waals surface area contributed by atoms with Crippen molar-refractivity contribution >= 4 is 78.3 Å². The Morgan fingerprint density at radius 1 is 0.467 bits per heavy atom. The second kappa shape index (κ2) is 29.7. The summed E-state index contributed by atoms with van der Waals surface area (Å²) in [6.45, 7) is 7.41. The summed E-state index contributed by atoms with van der Waals surface area (Å²) in [6, 6.07) is 54.7. The highest BCUT2D eigenvalue weighted by Crippen LogP contribution is 2.40. The third-order valence-electron chi connectivity index (χ3n) is 17.1. The Balaban J connectivity index is 0.000000176. The molecule has 2 N–H and O–H groups in total. The summed E-state index contributed by atoms with van der Waals surface area (Å²) in [7, 11) is 0. The fourth-order valence-electron chi connectivity index (χ4n) is 12.3. The van der Waals surface area contributed by atoms with E-state index in [1.807, 2.05) is 121 Å². The fourth-order valence-corrected chi connectivity index (χ4v) is 14.3. The molecule has 0 saturated carbocycles. The number of rotatable bonds is 18. The third-order valence-corrected chi connectivity index (χ3v) is 19.0. The van der Waals surface area contributed by atoms with Crippen LogP contribution >= 0.6 is 22.7 Å². The number of thiophene rings is 2. The molecule has 4 atom stereocenters. The Labute approximate surface area is 523 Å². The number of esters is 2. The van der Waals surface area contributed by atoms with E-state index in [4.69, 9.17) is 29.3 Å². The van der Waals surface area contributed by atoms with Gasteiger partial charge in [-0.05, 0) is 55.9 Å². The average Bonchev–Trinajstić information content (AvgIpc) is 0.991. The molecule has 6 fully saturated rings. The van der Waals surface area contributed by atoms with E-state index in [1.165, 1.54) is 0 Å². The van der Waals surface area contributed by atoms with Crippen molar-refractivity contribution < 1.29 is 83.8 Å². The molecule has 14 nitrogen and oxygen atoms in total. The number of nitrogens with one attached hydrogen (secondary N) is 2. The molecule has 4 bridgehead atoms. The third kappa shape index (κ3) is 17.2. The Hall–Kier alpha value is -8.12. The van der Waals surface area contributed by atoms with E-state index < -0.39 is 36.4 Å². The maximum Gasteiger partial charge on any atom is 0.430 e. The minimum Gasteiger partial charge on any atom is -0.542 e. The van der Waals surface area contributed by atoms with E-state index in [2.05, 4.69) is 69.9 Å². The second-order valence-corrected chi connectivity index (χ2v) is 24.8. The molecule has 2 aromatic heterocycles. The van der Waals surface area contributed by atoms with Gasteiger partial charge in [0.25, 0.3) is 0 Å². The molecule has 6 aromatic carbocycles. The topological polar surface area (TPSA) is 191 Å². The van der Waals surface area contributed by atoms with Gasteiger partial charge in [-0.1, -0.05) is 158 Å². The highest BCUT2D eigenvalue weighted by atomic mass is 32.1. The first kappa shape index (κ1) is 66.3. The van der Waals surface area contributed by atoms with Crippen molar-refractivity contribution in [3.63, 3.8) is 0 Å². The molecule has 14 rings (SSSR count). The smallest absolute Gasteiger partial charge is 0.430 e. The van der Waals surface area contributed by atoms with E-state index >= 15 is 0 Å². The van der Waals surface area contributed by atoms with E-state index in [-0.39, 0.29) is 35.7 Å². The van der Waals surface area contributed by atoms with Crippen molar-refractivity contribution in [2.24, 2.45) is 11.8 Å². The molecule has 8 heterocycles. The number of ether oxygens (including phenoxy) is 2. The molecule has 90 heavy (non-hydrogen) atoms. The van der Waals surface area contributed by atoms with Crippen molar-refractivity contribution in [1.82, 2.24) is 10.6 Å². The van der Waals surface area contributed by atoms with Crippen LogP contribution in [0.25, 0.3) is 20.2 Å². The number of carbonyl (C=O) groups is 6. The number of carboxylic acid groups (broad SMARTS) is 2. The van der Waals surface area contributed by atoms with Gasteiger partial charge in [0.1, 0.15) is 50.2 Å². The van der Waals surface area contributed by atoms with Gasteiger partial charge in [0.2, 0.25) is 11.6 Å². The maximum atomic E-state index is 13.8. The minimum atomic E-state index is -5.19. The Morgan fingerprint density at radius 2 is 0.767 bits per heavy atom. The number of aliphatic carboxylic acids is 2. The summed E-state index contributed by atoms with van der Waals surface area (Å²) in [4.78, 5) is 71.5. The zero-order valence-corrected chi connectivity index (χ0v) is 50.4. The Bertz CT molecular complexity index is 3480. The Morgan fingerprint density at radius 3 is 1.09 bits per heavy atom. The molecule has 472 valence electrons. The van der Waals surface area contributed by atoms with Gasteiger partial charge in [0.05, 0.1) is 26.2 Å². The largest absolute Gasteiger partial charge is 0.542 e. The van der Waals surface area contributed by atoms with Crippen LogP contribution in [0.2, 0.25) is 0 Å². The first-order chi connectivity index (χ1) is 43.1. The molecule has 2 unspecified atom stereocenters. The summed E-state index contributed by atoms with van der Waals surface area (Å²) in [5.41, 5.74) is 5.70. The van der Waals surface area contributed by atoms with Crippen LogP contribution in [0.15, 0.2) is 181 Å². The predicted molar refractivity (Wildman–Crippen MR) is 324 cm³/mol. The standard InChI is InChI=1S/2C32H33N2O3S.2C2HF3O2/c2*35-28(24-11-5-2-6-12-24)20-34-17-15-25(16-18-34)29(21-34)37-32(36)31(33-19-23-9-3-1-4-10-23)27-22-38-30-14-8-7-13-26(27)30;2*3-2(4,5)1(6)7/h2*1-14,22,25,29,31,33H,15-21H2;2*(H,6,7)/q2*+1;;/p-2/t2*25?,29-,31?,34?;;/m00../s1. The van der Waals surface area contributed by atoms with Crippen LogP contribution in [-0.4, -0.2) is 121 Å². The van der Waals surface area contributed by atoms with Crippen molar-refractivity contribution in [2.75, 3.05) is 52.4 Å². The summed E-state index contributed by atoms with van der Waals surface area (Å²) in [6.07, 6.45) is -6.76. The van der Waals surface area contributed by atoms with Crippen LogP contribution < -0.4 is 20.8 Å². The number of halogens is 6. The number of hydrogen-bond donors (Lipinski definition) is 2. The summed E-state index contributed by atoms with van der Waals surface area (Å²) in [5.74, 6) is -5.41. The lowest BCUT2D eigenvalue weighted by atomic mass is 9.82. The number of alkyl halides is 6. The number of carbonyl (C=O) groups excluding carboxylic acids is 6. The highest BCUT2D eigenvalue weighted by Gasteiger charge is 2.51. The number of quaternary nitrogens is 2. The van der Waals surface area contributed by atoms with Crippen LogP contribution in [0.3, 0.4) is 0 Å². The van der Waals surface area contributed by atoms with Crippen LogP contribution in [0.4, 0.5) is 26.3 Å². The number of hydrogen-bond acceptors (Lipinski definition) is 14. The van der Waals surface area contributed by atoms with Crippen LogP contribution in [0.5, 0.6) is 0 Å². The zero-order chi connectivity index (χ0) is 64.1. The lowest BCUT2D eigenvalue weighted by Gasteiger charge is -2.51. The molecule has 22 heteroatoms. The highest BCUT2D eigenvalue weighted by molar-refractivity contribution is 7.17. The Kier molecular flexibility index (Phi) is 21.9. The maximum absolute atomic E-state index is 13.8. The summed E-state index contributed by atoms with van der Waals surface area (Å²) >= 11 is 3.31. The first-order valence-corrected chi connectivity index (χ1v) is 31.2. The van der Waals surface area contributed by atoms with Gasteiger partial charge in [-0.2, -0.15) is 26.3 Å². The number of Topliss-reactive ketones (excluding diaryl/α,β-unsaturated/α-hetero) is 2. The predicted octanol–water partition coefficient (Wildman–Crippen LogP) is 10.1. The molecule has 0 amide bonds. The molecule has 6 aliphatic rings. The molecule has 6 saturated heterocycles. The zero-order valence-electron chi connectivity index (χ0n) is 48.7. The first-order valence-electron chi connectivity index (χ1n) is 29.4. The molecule has 0 aliphatic carbocycles. The van der Waals surface area contributed by atoms with E-state index in [0.717, 1.165) is 105 Å². The lowest BCUT2D eigenvalue weighted by molar-refractivity contribution is -0.938. The average molecular weight is 1280 g/mol. The van der Waals surface area contributed by atoms with E-state index in [0.29, 0.717) is 60.1 Å². The van der Waals surface area contributed by atoms with Crippen molar-refractivity contribution in [3.8, 4) is 0 Å². The molecule has 8 aromatic rings. The van der Waals surface area contributed by atoms with Gasteiger partial charge in [-0.3, -0.25) is 20.2 Å². The number of fused-ring (bicyclic) bond motifs is 8. The van der Waals surface area contributed by atoms with Gasteiger partial charge < -0.3 is 38.2 Å². The van der Waals surface area contributed by atoms with Crippen LogP contribution in [0, 0.1) is 11.8 Å². The quantitative estimate of drug-likeness (QED) is 0.0358. The van der Waals surface area contributed by atoms with Crippen LogP contribution in [-0.2, 0) is 41.7 Å². The van der Waals surface area contributed by atoms with Gasteiger partial charge in [0, 0.05) is 71.1 Å². The molecule has 0 spiro atoms. The van der Waals surface area contributed by atoms with Gasteiger partial charge in [-0.25, -0.2) is 9.59 Å². The monoisotopic (exact) mass is 1280 g/mol. The van der Waals surface area contributed by atoms with Crippen molar-refractivity contribution in [3.05, 3.63) is 214 Å². The lowest BCUT2D eigenvalue weighted by Crippen LogP contribution is -2.65. The van der Waals surface area contributed by atoms with E-state index in [9.17, 15) is 45.5 Å². The van der Waals surface area contributed by atoms with Gasteiger partial charge in [-0.15, -0.1) is 22.7 Å². The minimum absolute atomic E-state index is 0.167. The van der Waals surface area contributed by atoms with E-state index in [1.54, 1.807) is 22.7 Å². The number of ketones is 2. The van der Waals surface area contributed by atoms with Crippen LogP contribution in [0.1, 0.15) is 80.7 Å². The fraction of sp³-hybridized carbons (Fsp3) is 0.324. The number of piperidine rings is 6. The van der Waals surface area contributed by atoms with Crippen molar-refractivity contribution in [1.29, 1.82) is 0 Å². The number of nitrogens with zero attached hydrogens (tertiary/aromatic N) is 2. The van der Waals surface area contributed by atoms with Gasteiger partial charge in [0.15, 0.2) is 12.2 Å². The molecular weight excluding hydrogens is 1210 g/mol. The normalized spacial score (nSPS) is 21.4. The summed E-state index contributed by atoms with van der Waals surface area (Å²) < 4.78 is 79.5. The number of carboxylic acids is 2. The van der Waals surface area contributed by atoms with Gasteiger partial charge >= 0.3 is 24.3 Å². The molecule has 6 aliphatic heterocycles. The molecular formula is C68H66F6N4O10S2. The van der Waals surface area contributed by atoms with Crippen molar-refractivity contribution in [2.45, 2.75) is 75.4 Å². The SMILES string of the molecule is O=C(C[N+]12CCC(CC1)[C@@H](OC(=O)C(NCc1ccccc1)c1csc3ccccc13)C2)c1ccccc1.O=C(C[N+]12CCC(CC1)[C@@H](OC(=O)C(NCc1ccccc1)c1csc3ccccc13)C2)c1ccccc1.O=C([O-])C(F)(F)F.O=C([O-])C(F)(F)F. The molecule has 0 radical (unpaired) electrons. The summed E-state index contributed by atoms with van der Waals surface area (Å²) in [5, 5.41) is 30.9.